The summed E-state index contributed by atoms with van der Waals surface area (Å²) in [5.74, 6) is -0.136. The zero-order valence-electron chi connectivity index (χ0n) is 18.1. The topological polar surface area (TPSA) is 69.7 Å². The van der Waals surface area contributed by atoms with Crippen molar-refractivity contribution in [3.63, 3.8) is 0 Å². The largest absolute Gasteiger partial charge is 0.352 e. The maximum atomic E-state index is 12.5. The molecule has 6 nitrogen and oxygen atoms in total. The normalized spacial score (nSPS) is 14.5. The summed E-state index contributed by atoms with van der Waals surface area (Å²) in [6, 6.07) is 17.0. The van der Waals surface area contributed by atoms with Crippen LogP contribution in [0, 0.1) is 5.92 Å². The first-order chi connectivity index (χ1) is 14.9. The Balaban J connectivity index is 1.43. The van der Waals surface area contributed by atoms with Crippen LogP contribution in [0.2, 0.25) is 0 Å². The first kappa shape index (κ1) is 22.3. The van der Waals surface area contributed by atoms with Crippen molar-refractivity contribution in [1.29, 1.82) is 0 Å². The van der Waals surface area contributed by atoms with Gasteiger partial charge in [-0.15, -0.1) is 0 Å². The summed E-state index contributed by atoms with van der Waals surface area (Å²) >= 11 is 0. The molecule has 162 valence electrons. The molecule has 0 unspecified atom stereocenters. The Morgan fingerprint density at radius 3 is 2.26 bits per heavy atom. The number of nitrogens with zero attached hydrogens (tertiary/aromatic N) is 2. The van der Waals surface area contributed by atoms with Crippen LogP contribution < -0.4 is 5.32 Å². The van der Waals surface area contributed by atoms with Crippen LogP contribution in [0.1, 0.15) is 34.3 Å². The first-order valence-corrected chi connectivity index (χ1v) is 10.5. The van der Waals surface area contributed by atoms with Gasteiger partial charge in [-0.2, -0.15) is 0 Å². The van der Waals surface area contributed by atoms with Crippen LogP contribution in [0.5, 0.6) is 0 Å². The summed E-state index contributed by atoms with van der Waals surface area (Å²) in [7, 11) is 3.43. The van der Waals surface area contributed by atoms with E-state index in [1.165, 1.54) is 4.90 Å². The van der Waals surface area contributed by atoms with Crippen LogP contribution in [-0.4, -0.2) is 54.7 Å². The maximum Gasteiger partial charge on any atom is 0.253 e. The number of hydrogen-bond acceptors (Lipinski definition) is 3. The molecule has 0 spiro atoms. The monoisotopic (exact) mass is 419 g/mol. The number of nitrogens with one attached hydrogen (secondary N) is 1. The SMILES string of the molecule is CN(C)C(=O)c1ccc(CNC(=O)C2CCN(C(=O)/C=C/c3ccccc3)CC2)cc1. The third-order valence-electron chi connectivity index (χ3n) is 5.47. The first-order valence-electron chi connectivity index (χ1n) is 10.5. The molecule has 0 aromatic heterocycles. The van der Waals surface area contributed by atoms with Crippen molar-refractivity contribution in [2.45, 2.75) is 19.4 Å². The quantitative estimate of drug-likeness (QED) is 0.732. The molecule has 6 heteroatoms. The van der Waals surface area contributed by atoms with E-state index in [2.05, 4.69) is 5.32 Å². The fourth-order valence-corrected chi connectivity index (χ4v) is 3.56. The maximum absolute atomic E-state index is 12.5. The molecule has 2 aromatic carbocycles. The van der Waals surface area contributed by atoms with Gasteiger partial charge in [0.25, 0.3) is 5.91 Å². The van der Waals surface area contributed by atoms with E-state index in [9.17, 15) is 14.4 Å². The molecule has 31 heavy (non-hydrogen) atoms. The molecular formula is C25H29N3O3. The van der Waals surface area contributed by atoms with Crippen molar-refractivity contribution in [3.8, 4) is 0 Å². The zero-order valence-corrected chi connectivity index (χ0v) is 18.1. The predicted molar refractivity (Wildman–Crippen MR) is 121 cm³/mol. The molecule has 3 rings (SSSR count). The van der Waals surface area contributed by atoms with Gasteiger partial charge in [-0.05, 0) is 42.2 Å². The van der Waals surface area contributed by atoms with Gasteiger partial charge < -0.3 is 15.1 Å². The number of carbonyl (C=O) groups excluding carboxylic acids is 3. The number of piperidine rings is 1. The third-order valence-corrected chi connectivity index (χ3v) is 5.47. The van der Waals surface area contributed by atoms with E-state index >= 15 is 0 Å². The highest BCUT2D eigenvalue weighted by molar-refractivity contribution is 5.94. The number of likely N-dealkylation sites (tertiary alicyclic amines) is 1. The van der Waals surface area contributed by atoms with Crippen LogP contribution in [0.15, 0.2) is 60.7 Å². The van der Waals surface area contributed by atoms with Crippen LogP contribution in [-0.2, 0) is 16.1 Å². The minimum atomic E-state index is -0.0863. The highest BCUT2D eigenvalue weighted by atomic mass is 16.2. The Kier molecular flexibility index (Phi) is 7.60. The number of amides is 3. The van der Waals surface area contributed by atoms with Gasteiger partial charge in [0.05, 0.1) is 0 Å². The lowest BCUT2D eigenvalue weighted by Crippen LogP contribution is -2.42. The van der Waals surface area contributed by atoms with Crippen molar-refractivity contribution < 1.29 is 14.4 Å². The molecular weight excluding hydrogens is 390 g/mol. The lowest BCUT2D eigenvalue weighted by Gasteiger charge is -2.30. The summed E-state index contributed by atoms with van der Waals surface area (Å²) < 4.78 is 0. The highest BCUT2D eigenvalue weighted by Crippen LogP contribution is 2.18. The van der Waals surface area contributed by atoms with Crippen LogP contribution >= 0.6 is 0 Å². The van der Waals surface area contributed by atoms with E-state index < -0.39 is 0 Å². The minimum Gasteiger partial charge on any atom is -0.352 e. The highest BCUT2D eigenvalue weighted by Gasteiger charge is 2.26. The Bertz CT molecular complexity index is 928. The molecule has 2 aromatic rings. The molecule has 1 aliphatic rings. The van der Waals surface area contributed by atoms with E-state index in [1.54, 1.807) is 37.2 Å². The average Bonchev–Trinajstić information content (AvgIpc) is 2.81. The summed E-state index contributed by atoms with van der Waals surface area (Å²) in [5.41, 5.74) is 2.56. The molecule has 0 radical (unpaired) electrons. The molecule has 1 fully saturated rings. The molecule has 3 amide bonds. The lowest BCUT2D eigenvalue weighted by molar-refractivity contribution is -0.132. The van der Waals surface area contributed by atoms with E-state index in [0.29, 0.717) is 38.0 Å². The van der Waals surface area contributed by atoms with Gasteiger partial charge in [0.2, 0.25) is 11.8 Å². The van der Waals surface area contributed by atoms with Crippen molar-refractivity contribution in [2.24, 2.45) is 5.92 Å². The second-order valence-corrected chi connectivity index (χ2v) is 7.96. The molecule has 0 bridgehead atoms. The Labute approximate surface area is 183 Å². The minimum absolute atomic E-state index is 0.0142. The summed E-state index contributed by atoms with van der Waals surface area (Å²) in [6.07, 6.45) is 4.74. The number of carbonyl (C=O) groups is 3. The number of benzene rings is 2. The summed E-state index contributed by atoms with van der Waals surface area (Å²) in [5, 5.41) is 2.98. The molecule has 0 aliphatic carbocycles. The van der Waals surface area contributed by atoms with Gasteiger partial charge in [-0.1, -0.05) is 42.5 Å². The van der Waals surface area contributed by atoms with Crippen LogP contribution in [0.3, 0.4) is 0 Å². The standard InChI is InChI=1S/C25H29N3O3/c1-27(2)25(31)22-11-8-20(9-12-22)18-26-24(30)21-14-16-28(17-15-21)23(29)13-10-19-6-4-3-5-7-19/h3-13,21H,14-18H2,1-2H3,(H,26,30)/b13-10+. The van der Waals surface area contributed by atoms with Crippen molar-refractivity contribution in [1.82, 2.24) is 15.1 Å². The van der Waals surface area contributed by atoms with Crippen molar-refractivity contribution in [3.05, 3.63) is 77.4 Å². The van der Waals surface area contributed by atoms with E-state index in [-0.39, 0.29) is 23.6 Å². The van der Waals surface area contributed by atoms with E-state index in [1.807, 2.05) is 48.5 Å². The summed E-state index contributed by atoms with van der Waals surface area (Å²) in [4.78, 5) is 40.2. The lowest BCUT2D eigenvalue weighted by atomic mass is 9.95. The average molecular weight is 420 g/mol. The van der Waals surface area contributed by atoms with Gasteiger partial charge in [0.15, 0.2) is 0 Å². The number of rotatable bonds is 6. The second kappa shape index (κ2) is 10.6. The van der Waals surface area contributed by atoms with Gasteiger partial charge >= 0.3 is 0 Å². The Hall–Kier alpha value is -3.41. The van der Waals surface area contributed by atoms with E-state index in [4.69, 9.17) is 0 Å². The number of hydrogen-bond donors (Lipinski definition) is 1. The third kappa shape index (κ3) is 6.28. The summed E-state index contributed by atoms with van der Waals surface area (Å²) in [6.45, 7) is 1.59. The van der Waals surface area contributed by atoms with Gasteiger partial charge in [-0.25, -0.2) is 0 Å². The van der Waals surface area contributed by atoms with Crippen molar-refractivity contribution in [2.75, 3.05) is 27.2 Å². The molecule has 1 saturated heterocycles. The molecule has 1 aliphatic heterocycles. The van der Waals surface area contributed by atoms with Crippen molar-refractivity contribution >= 4 is 23.8 Å². The van der Waals surface area contributed by atoms with Gasteiger partial charge in [0, 0.05) is 51.3 Å². The van der Waals surface area contributed by atoms with Gasteiger partial charge in [-0.3, -0.25) is 14.4 Å². The molecule has 0 atom stereocenters. The smallest absolute Gasteiger partial charge is 0.253 e. The Morgan fingerprint density at radius 2 is 1.65 bits per heavy atom. The van der Waals surface area contributed by atoms with Gasteiger partial charge in [0.1, 0.15) is 0 Å². The van der Waals surface area contributed by atoms with E-state index in [0.717, 1.165) is 11.1 Å². The Morgan fingerprint density at radius 1 is 1.00 bits per heavy atom. The molecule has 1 N–H and O–H groups in total. The zero-order chi connectivity index (χ0) is 22.2. The predicted octanol–water partition coefficient (Wildman–Crippen LogP) is 2.96. The fraction of sp³-hybridized carbons (Fsp3) is 0.320. The van der Waals surface area contributed by atoms with Crippen LogP contribution in [0.25, 0.3) is 6.08 Å². The fourth-order valence-electron chi connectivity index (χ4n) is 3.56. The molecule has 0 saturated carbocycles. The van der Waals surface area contributed by atoms with Crippen LogP contribution in [0.4, 0.5) is 0 Å². The second-order valence-electron chi connectivity index (χ2n) is 7.96. The molecule has 1 heterocycles.